The van der Waals surface area contributed by atoms with Crippen LogP contribution in [0.15, 0.2) is 30.9 Å². The van der Waals surface area contributed by atoms with Crippen LogP contribution in [-0.2, 0) is 16.0 Å². The lowest BCUT2D eigenvalue weighted by Crippen LogP contribution is -2.38. The molecule has 1 aromatic carbocycles. The van der Waals surface area contributed by atoms with Gasteiger partial charge in [0.25, 0.3) is 0 Å². The Morgan fingerprint density at radius 1 is 1.43 bits per heavy atom. The third-order valence-corrected chi connectivity index (χ3v) is 4.69. The van der Waals surface area contributed by atoms with Crippen molar-refractivity contribution >= 4 is 23.3 Å². The normalized spacial score (nSPS) is 20.5. The van der Waals surface area contributed by atoms with Gasteiger partial charge in [0.2, 0.25) is 5.91 Å². The third-order valence-electron chi connectivity index (χ3n) is 4.69. The molecule has 5 heteroatoms. The van der Waals surface area contributed by atoms with Gasteiger partial charge in [-0.1, -0.05) is 6.08 Å². The summed E-state index contributed by atoms with van der Waals surface area (Å²) in [5, 5.41) is 9.22. The fourth-order valence-electron chi connectivity index (χ4n) is 3.44. The maximum atomic E-state index is 12.2. The number of carbonyl (C=O) groups is 2. The van der Waals surface area contributed by atoms with Gasteiger partial charge in [0.1, 0.15) is 0 Å². The summed E-state index contributed by atoms with van der Waals surface area (Å²) >= 11 is 0. The largest absolute Gasteiger partial charge is 0.481 e. The first-order chi connectivity index (χ1) is 11.1. The van der Waals surface area contributed by atoms with Gasteiger partial charge in [0.05, 0.1) is 12.3 Å². The summed E-state index contributed by atoms with van der Waals surface area (Å²) < 4.78 is 0. The van der Waals surface area contributed by atoms with E-state index in [1.807, 2.05) is 29.2 Å². The molecule has 0 aliphatic carbocycles. The highest BCUT2D eigenvalue weighted by Gasteiger charge is 2.29. The van der Waals surface area contributed by atoms with E-state index in [0.29, 0.717) is 19.5 Å². The Morgan fingerprint density at radius 3 is 3.00 bits per heavy atom. The maximum Gasteiger partial charge on any atom is 0.308 e. The van der Waals surface area contributed by atoms with Gasteiger partial charge in [-0.2, -0.15) is 0 Å². The Labute approximate surface area is 136 Å². The van der Waals surface area contributed by atoms with Crippen LogP contribution in [-0.4, -0.2) is 36.6 Å². The molecule has 3 rings (SSSR count). The average Bonchev–Trinajstić information content (AvgIpc) is 2.87. The summed E-state index contributed by atoms with van der Waals surface area (Å²) in [7, 11) is 0. The highest BCUT2D eigenvalue weighted by molar-refractivity contribution is 6.01. The molecule has 0 spiro atoms. The van der Waals surface area contributed by atoms with Crippen molar-refractivity contribution in [1.82, 2.24) is 0 Å². The third kappa shape index (κ3) is 3.09. The second kappa shape index (κ2) is 6.44. The molecular formula is C18H22N2O3. The van der Waals surface area contributed by atoms with Crippen LogP contribution in [0.25, 0.3) is 0 Å². The average molecular weight is 314 g/mol. The maximum absolute atomic E-state index is 12.2. The summed E-state index contributed by atoms with van der Waals surface area (Å²) in [5.41, 5.74) is 3.04. The van der Waals surface area contributed by atoms with Gasteiger partial charge in [0, 0.05) is 31.0 Å². The van der Waals surface area contributed by atoms with E-state index in [-0.39, 0.29) is 11.8 Å². The predicted octanol–water partition coefficient (Wildman–Crippen LogP) is 2.45. The second-order valence-corrected chi connectivity index (χ2v) is 6.24. The molecular weight excluding hydrogens is 292 g/mol. The monoisotopic (exact) mass is 314 g/mol. The van der Waals surface area contributed by atoms with E-state index < -0.39 is 5.97 Å². The number of carboxylic acids is 1. The Kier molecular flexibility index (Phi) is 4.37. The zero-order chi connectivity index (χ0) is 16.4. The number of carbonyl (C=O) groups excluding carboxylic acids is 1. The molecule has 2 aliphatic heterocycles. The molecule has 1 amide bonds. The number of anilines is 2. The molecule has 2 heterocycles. The molecule has 0 saturated carbocycles. The van der Waals surface area contributed by atoms with Gasteiger partial charge in [-0.3, -0.25) is 9.59 Å². The van der Waals surface area contributed by atoms with E-state index in [1.54, 1.807) is 0 Å². The Balaban J connectivity index is 1.79. The first kappa shape index (κ1) is 15.6. The van der Waals surface area contributed by atoms with Crippen LogP contribution in [0.5, 0.6) is 0 Å². The van der Waals surface area contributed by atoms with Gasteiger partial charge in [-0.15, -0.1) is 6.58 Å². The predicted molar refractivity (Wildman–Crippen MR) is 89.9 cm³/mol. The number of amides is 1. The van der Waals surface area contributed by atoms with E-state index in [0.717, 1.165) is 42.7 Å². The molecule has 1 fully saturated rings. The minimum atomic E-state index is -0.721. The van der Waals surface area contributed by atoms with Crippen molar-refractivity contribution in [3.8, 4) is 0 Å². The van der Waals surface area contributed by atoms with Crippen LogP contribution in [0.1, 0.15) is 24.8 Å². The van der Waals surface area contributed by atoms with E-state index in [2.05, 4.69) is 11.5 Å². The van der Waals surface area contributed by atoms with E-state index in [9.17, 15) is 14.7 Å². The topological polar surface area (TPSA) is 60.9 Å². The van der Waals surface area contributed by atoms with Crippen molar-refractivity contribution in [3.63, 3.8) is 0 Å². The number of hydrogen-bond donors (Lipinski definition) is 1. The molecule has 0 bridgehead atoms. The van der Waals surface area contributed by atoms with Gasteiger partial charge in [-0.05, 0) is 43.0 Å². The van der Waals surface area contributed by atoms with Gasteiger partial charge in [-0.25, -0.2) is 0 Å². The van der Waals surface area contributed by atoms with Crippen LogP contribution in [0, 0.1) is 5.92 Å². The Hall–Kier alpha value is -2.30. The molecule has 2 aliphatic rings. The van der Waals surface area contributed by atoms with E-state index in [1.165, 1.54) is 0 Å². The van der Waals surface area contributed by atoms with Gasteiger partial charge >= 0.3 is 5.97 Å². The Bertz CT molecular complexity index is 641. The quantitative estimate of drug-likeness (QED) is 0.848. The number of piperidine rings is 1. The van der Waals surface area contributed by atoms with E-state index in [4.69, 9.17) is 0 Å². The number of carboxylic acid groups (broad SMARTS) is 1. The van der Waals surface area contributed by atoms with Gasteiger partial charge < -0.3 is 14.9 Å². The Morgan fingerprint density at radius 2 is 2.26 bits per heavy atom. The molecule has 1 atom stereocenters. The summed E-state index contributed by atoms with van der Waals surface area (Å²) in [4.78, 5) is 27.3. The molecule has 1 N–H and O–H groups in total. The fraction of sp³-hybridized carbons (Fsp3) is 0.444. The highest BCUT2D eigenvalue weighted by atomic mass is 16.4. The summed E-state index contributed by atoms with van der Waals surface area (Å²) in [6.45, 7) is 5.79. The van der Waals surface area contributed by atoms with Crippen molar-refractivity contribution < 1.29 is 14.7 Å². The molecule has 1 aromatic rings. The zero-order valence-corrected chi connectivity index (χ0v) is 13.2. The molecule has 23 heavy (non-hydrogen) atoms. The number of benzene rings is 1. The number of fused-ring (bicyclic) bond motifs is 1. The number of rotatable bonds is 5. The molecule has 0 radical (unpaired) electrons. The highest BCUT2D eigenvalue weighted by Crippen LogP contribution is 2.33. The minimum Gasteiger partial charge on any atom is -0.481 e. The number of hydrogen-bond acceptors (Lipinski definition) is 3. The van der Waals surface area contributed by atoms with Crippen LogP contribution >= 0.6 is 0 Å². The lowest BCUT2D eigenvalue weighted by molar-refractivity contribution is -0.142. The number of nitrogens with zero attached hydrogens (tertiary/aromatic N) is 2. The number of aliphatic carboxylic acids is 1. The second-order valence-electron chi connectivity index (χ2n) is 6.24. The summed E-state index contributed by atoms with van der Waals surface area (Å²) in [5.74, 6) is -0.898. The van der Waals surface area contributed by atoms with Crippen LogP contribution in [0.3, 0.4) is 0 Å². The SMILES string of the molecule is C=CCCN1C(=O)Cc2cc(N3CCCC(C(=O)O)C3)ccc21. The van der Waals surface area contributed by atoms with Crippen LogP contribution < -0.4 is 9.80 Å². The molecule has 122 valence electrons. The molecule has 1 saturated heterocycles. The first-order valence-corrected chi connectivity index (χ1v) is 8.12. The molecule has 5 nitrogen and oxygen atoms in total. The summed E-state index contributed by atoms with van der Waals surface area (Å²) in [6, 6.07) is 6.04. The van der Waals surface area contributed by atoms with Crippen LogP contribution in [0.2, 0.25) is 0 Å². The van der Waals surface area contributed by atoms with Crippen LogP contribution in [0.4, 0.5) is 11.4 Å². The lowest BCUT2D eigenvalue weighted by Gasteiger charge is -2.33. The molecule has 1 unspecified atom stereocenters. The van der Waals surface area contributed by atoms with Crippen molar-refractivity contribution in [3.05, 3.63) is 36.4 Å². The zero-order valence-electron chi connectivity index (χ0n) is 13.2. The minimum absolute atomic E-state index is 0.126. The van der Waals surface area contributed by atoms with E-state index >= 15 is 0 Å². The fourth-order valence-corrected chi connectivity index (χ4v) is 3.44. The van der Waals surface area contributed by atoms with Gasteiger partial charge in [0.15, 0.2) is 0 Å². The molecule has 0 aromatic heterocycles. The van der Waals surface area contributed by atoms with Crippen molar-refractivity contribution in [1.29, 1.82) is 0 Å². The van der Waals surface area contributed by atoms with Crippen molar-refractivity contribution in [2.45, 2.75) is 25.7 Å². The smallest absolute Gasteiger partial charge is 0.308 e. The lowest BCUT2D eigenvalue weighted by atomic mass is 9.97. The van der Waals surface area contributed by atoms with Crippen molar-refractivity contribution in [2.75, 3.05) is 29.4 Å². The summed E-state index contributed by atoms with van der Waals surface area (Å²) in [6.07, 6.45) is 4.65. The standard InChI is InChI=1S/C18H22N2O3/c1-2-3-9-20-16-7-6-15(10-14(16)11-17(20)21)19-8-4-5-13(12-19)18(22)23/h2,6-7,10,13H,1,3-5,8-9,11-12H2,(H,22,23). The van der Waals surface area contributed by atoms with Crippen molar-refractivity contribution in [2.24, 2.45) is 5.92 Å². The first-order valence-electron chi connectivity index (χ1n) is 8.12.